The molecule has 27 heavy (non-hydrogen) atoms. The minimum Gasteiger partial charge on any atom is -0.491 e. The third kappa shape index (κ3) is 5.30. The first-order valence-electron chi connectivity index (χ1n) is 9.36. The van der Waals surface area contributed by atoms with Gasteiger partial charge in [0.2, 0.25) is 0 Å². The number of benzene rings is 1. The Morgan fingerprint density at radius 2 is 2.04 bits per heavy atom. The molecule has 2 heterocycles. The lowest BCUT2D eigenvalue weighted by molar-refractivity contribution is 0.0374. The van der Waals surface area contributed by atoms with Crippen molar-refractivity contribution in [1.82, 2.24) is 10.2 Å². The van der Waals surface area contributed by atoms with Crippen molar-refractivity contribution in [2.24, 2.45) is 0 Å². The number of carbonyl (C=O) groups excluding carboxylic acids is 1. The van der Waals surface area contributed by atoms with Crippen molar-refractivity contribution in [3.63, 3.8) is 0 Å². The molecule has 7 heteroatoms. The van der Waals surface area contributed by atoms with E-state index in [9.17, 15) is 9.59 Å². The molecule has 0 bridgehead atoms. The largest absolute Gasteiger partial charge is 0.491 e. The van der Waals surface area contributed by atoms with Gasteiger partial charge in [0.05, 0.1) is 24.9 Å². The summed E-state index contributed by atoms with van der Waals surface area (Å²) in [4.78, 5) is 26.8. The van der Waals surface area contributed by atoms with Crippen LogP contribution in [0, 0.1) is 0 Å². The first kappa shape index (κ1) is 19.4. The molecule has 1 saturated heterocycles. The topological polar surface area (TPSA) is 81.0 Å². The van der Waals surface area contributed by atoms with Gasteiger partial charge in [0.1, 0.15) is 11.3 Å². The van der Waals surface area contributed by atoms with Crippen LogP contribution < -0.4 is 15.7 Å². The first-order valence-corrected chi connectivity index (χ1v) is 9.36. The molecule has 1 aromatic heterocycles. The zero-order valence-electron chi connectivity index (χ0n) is 15.8. The van der Waals surface area contributed by atoms with Crippen LogP contribution in [-0.4, -0.2) is 56.3 Å². The average Bonchev–Trinajstić information content (AvgIpc) is 2.64. The maximum atomic E-state index is 12.6. The van der Waals surface area contributed by atoms with Gasteiger partial charge in [-0.3, -0.25) is 9.69 Å². The lowest BCUT2D eigenvalue weighted by atomic mass is 10.1. The SMILES string of the molecule is CC(C)Oc1ccc2c(C(=O)NCCCN3CCOCC3)cc(=O)oc2c1. The third-order valence-electron chi connectivity index (χ3n) is 4.37. The quantitative estimate of drug-likeness (QED) is 0.590. The van der Waals surface area contributed by atoms with E-state index in [1.807, 2.05) is 13.8 Å². The summed E-state index contributed by atoms with van der Waals surface area (Å²) < 4.78 is 16.2. The molecule has 0 saturated carbocycles. The van der Waals surface area contributed by atoms with E-state index in [2.05, 4.69) is 10.2 Å². The highest BCUT2D eigenvalue weighted by Gasteiger charge is 2.15. The van der Waals surface area contributed by atoms with Gasteiger partial charge in [0.25, 0.3) is 5.91 Å². The second-order valence-corrected chi connectivity index (χ2v) is 6.87. The molecule has 1 fully saturated rings. The highest BCUT2D eigenvalue weighted by atomic mass is 16.5. The van der Waals surface area contributed by atoms with E-state index in [0.29, 0.717) is 28.8 Å². The minimum absolute atomic E-state index is 0.00659. The molecule has 0 atom stereocenters. The number of hydrogen-bond donors (Lipinski definition) is 1. The Labute approximate surface area is 158 Å². The number of ether oxygens (including phenoxy) is 2. The fourth-order valence-corrected chi connectivity index (χ4v) is 3.10. The van der Waals surface area contributed by atoms with Crippen LogP contribution in [0.4, 0.5) is 0 Å². The first-order chi connectivity index (χ1) is 13.0. The highest BCUT2D eigenvalue weighted by molar-refractivity contribution is 6.05. The zero-order chi connectivity index (χ0) is 19.2. The summed E-state index contributed by atoms with van der Waals surface area (Å²) in [6.07, 6.45) is 0.851. The van der Waals surface area contributed by atoms with E-state index in [1.54, 1.807) is 18.2 Å². The molecule has 1 N–H and O–H groups in total. The molecular formula is C20H26N2O5. The van der Waals surface area contributed by atoms with E-state index in [1.165, 1.54) is 6.07 Å². The van der Waals surface area contributed by atoms with Gasteiger partial charge >= 0.3 is 5.63 Å². The smallest absolute Gasteiger partial charge is 0.337 e. The summed E-state index contributed by atoms with van der Waals surface area (Å²) in [5, 5.41) is 3.49. The number of nitrogens with one attached hydrogen (secondary N) is 1. The minimum atomic E-state index is -0.553. The molecule has 2 aromatic rings. The second-order valence-electron chi connectivity index (χ2n) is 6.87. The molecule has 1 aliphatic heterocycles. The standard InChI is InChI=1S/C20H26N2O5/c1-14(2)26-15-4-5-16-17(13-19(23)27-18(16)12-15)20(24)21-6-3-7-22-8-10-25-11-9-22/h4-5,12-14H,3,6-11H2,1-2H3,(H,21,24). The predicted molar refractivity (Wildman–Crippen MR) is 102 cm³/mol. The Balaban J connectivity index is 1.65. The van der Waals surface area contributed by atoms with E-state index < -0.39 is 5.63 Å². The monoisotopic (exact) mass is 374 g/mol. The number of rotatable bonds is 7. The van der Waals surface area contributed by atoms with Crippen molar-refractivity contribution in [3.8, 4) is 5.75 Å². The molecule has 1 aliphatic rings. The van der Waals surface area contributed by atoms with E-state index in [4.69, 9.17) is 13.9 Å². The Bertz CT molecular complexity index is 840. The molecular weight excluding hydrogens is 348 g/mol. The maximum absolute atomic E-state index is 12.6. The summed E-state index contributed by atoms with van der Waals surface area (Å²) in [5.41, 5.74) is 0.116. The Kier molecular flexibility index (Phi) is 6.47. The molecule has 146 valence electrons. The van der Waals surface area contributed by atoms with Gasteiger partial charge in [-0.15, -0.1) is 0 Å². The Hall–Kier alpha value is -2.38. The van der Waals surface area contributed by atoms with Crippen LogP contribution in [0.1, 0.15) is 30.6 Å². The second kappa shape index (κ2) is 9.01. The maximum Gasteiger partial charge on any atom is 0.337 e. The summed E-state index contributed by atoms with van der Waals surface area (Å²) in [6, 6.07) is 6.41. The van der Waals surface area contributed by atoms with Crippen molar-refractivity contribution in [1.29, 1.82) is 0 Å². The number of morpholine rings is 1. The van der Waals surface area contributed by atoms with Crippen molar-refractivity contribution in [2.45, 2.75) is 26.4 Å². The zero-order valence-corrected chi connectivity index (χ0v) is 15.8. The van der Waals surface area contributed by atoms with Gasteiger partial charge < -0.3 is 19.2 Å². The lowest BCUT2D eigenvalue weighted by Crippen LogP contribution is -2.38. The number of carbonyl (C=O) groups is 1. The Morgan fingerprint density at radius 3 is 2.78 bits per heavy atom. The van der Waals surface area contributed by atoms with Gasteiger partial charge in [-0.2, -0.15) is 0 Å². The third-order valence-corrected chi connectivity index (χ3v) is 4.37. The Morgan fingerprint density at radius 1 is 1.26 bits per heavy atom. The van der Waals surface area contributed by atoms with Crippen LogP contribution in [0.5, 0.6) is 5.75 Å². The van der Waals surface area contributed by atoms with Crippen LogP contribution in [0.15, 0.2) is 33.5 Å². The fourth-order valence-electron chi connectivity index (χ4n) is 3.10. The van der Waals surface area contributed by atoms with Gasteiger partial charge in [-0.25, -0.2) is 4.79 Å². The summed E-state index contributed by atoms with van der Waals surface area (Å²) in [5.74, 6) is 0.330. The van der Waals surface area contributed by atoms with E-state index in [0.717, 1.165) is 39.3 Å². The van der Waals surface area contributed by atoms with Crippen LogP contribution in [0.25, 0.3) is 11.0 Å². The number of fused-ring (bicyclic) bond motifs is 1. The highest BCUT2D eigenvalue weighted by Crippen LogP contribution is 2.23. The summed E-state index contributed by atoms with van der Waals surface area (Å²) in [7, 11) is 0. The molecule has 1 aromatic carbocycles. The van der Waals surface area contributed by atoms with E-state index >= 15 is 0 Å². The average molecular weight is 374 g/mol. The van der Waals surface area contributed by atoms with Gasteiger partial charge in [0, 0.05) is 37.2 Å². The summed E-state index contributed by atoms with van der Waals surface area (Å²) in [6.45, 7) is 8.69. The molecule has 3 rings (SSSR count). The number of hydrogen-bond acceptors (Lipinski definition) is 6. The van der Waals surface area contributed by atoms with Crippen LogP contribution >= 0.6 is 0 Å². The van der Waals surface area contributed by atoms with E-state index in [-0.39, 0.29) is 12.0 Å². The molecule has 7 nitrogen and oxygen atoms in total. The molecule has 0 unspecified atom stereocenters. The normalized spacial score (nSPS) is 15.2. The van der Waals surface area contributed by atoms with Crippen molar-refractivity contribution in [2.75, 3.05) is 39.4 Å². The molecule has 1 amide bonds. The van der Waals surface area contributed by atoms with Crippen molar-refractivity contribution >= 4 is 16.9 Å². The molecule has 0 aliphatic carbocycles. The van der Waals surface area contributed by atoms with Gasteiger partial charge in [-0.05, 0) is 38.9 Å². The van der Waals surface area contributed by atoms with Crippen molar-refractivity contribution in [3.05, 3.63) is 40.2 Å². The van der Waals surface area contributed by atoms with Crippen LogP contribution in [0.3, 0.4) is 0 Å². The summed E-state index contributed by atoms with van der Waals surface area (Å²) >= 11 is 0. The lowest BCUT2D eigenvalue weighted by Gasteiger charge is -2.26. The van der Waals surface area contributed by atoms with Gasteiger partial charge in [0.15, 0.2) is 0 Å². The molecule has 0 radical (unpaired) electrons. The number of nitrogens with zero attached hydrogens (tertiary/aromatic N) is 1. The van der Waals surface area contributed by atoms with Crippen LogP contribution in [0.2, 0.25) is 0 Å². The van der Waals surface area contributed by atoms with Gasteiger partial charge in [-0.1, -0.05) is 0 Å². The molecule has 0 spiro atoms. The van der Waals surface area contributed by atoms with Crippen molar-refractivity contribution < 1.29 is 18.7 Å². The fraction of sp³-hybridized carbons (Fsp3) is 0.500. The van der Waals surface area contributed by atoms with Crippen LogP contribution in [-0.2, 0) is 4.74 Å². The predicted octanol–water partition coefficient (Wildman–Crippen LogP) is 2.03. The number of amides is 1.